The lowest BCUT2D eigenvalue weighted by Crippen LogP contribution is -2.06. The number of halogens is 2. The molecule has 0 amide bonds. The van der Waals surface area contributed by atoms with Gasteiger partial charge in [0, 0.05) is 12.0 Å². The van der Waals surface area contributed by atoms with E-state index in [0.717, 1.165) is 0 Å². The summed E-state index contributed by atoms with van der Waals surface area (Å²) < 4.78 is 25.3. The molecule has 4 heteroatoms. The summed E-state index contributed by atoms with van der Waals surface area (Å²) in [5.41, 5.74) is 0.950. The van der Waals surface area contributed by atoms with Crippen LogP contribution in [-0.2, 0) is 24.6 Å². The molecule has 1 N–H and O–H groups in total. The molecule has 0 unspecified atom stereocenters. The highest BCUT2D eigenvalue weighted by Crippen LogP contribution is 2.20. The number of rotatable bonds is 5. The molecule has 0 saturated heterocycles. The van der Waals surface area contributed by atoms with Crippen molar-refractivity contribution in [1.29, 1.82) is 0 Å². The quantitative estimate of drug-likeness (QED) is 0.784. The molecule has 0 aliphatic rings. The average Bonchev–Trinajstić information content (AvgIpc) is 2.29. The van der Waals surface area contributed by atoms with Gasteiger partial charge in [0.05, 0.1) is 0 Å². The van der Waals surface area contributed by atoms with Gasteiger partial charge in [0.15, 0.2) is 0 Å². The molecule has 0 saturated carbocycles. The monoisotopic (exact) mass is 226 g/mol. The SMILES string of the molecule is C=C(Cc1c(CF)cccc1CF)C(=O)O. The van der Waals surface area contributed by atoms with Crippen LogP contribution in [0.4, 0.5) is 8.78 Å². The van der Waals surface area contributed by atoms with Crippen molar-refractivity contribution in [3.05, 3.63) is 47.0 Å². The van der Waals surface area contributed by atoms with E-state index in [0.29, 0.717) is 16.7 Å². The Morgan fingerprint density at radius 1 is 1.25 bits per heavy atom. The van der Waals surface area contributed by atoms with Crippen LogP contribution >= 0.6 is 0 Å². The fourth-order valence-electron chi connectivity index (χ4n) is 1.45. The van der Waals surface area contributed by atoms with Crippen molar-refractivity contribution in [2.24, 2.45) is 0 Å². The molecule has 2 nitrogen and oxygen atoms in total. The van der Waals surface area contributed by atoms with E-state index in [1.165, 1.54) is 12.1 Å². The molecule has 1 aromatic carbocycles. The number of hydrogen-bond acceptors (Lipinski definition) is 1. The summed E-state index contributed by atoms with van der Waals surface area (Å²) in [6.45, 7) is 1.88. The van der Waals surface area contributed by atoms with Crippen molar-refractivity contribution in [1.82, 2.24) is 0 Å². The summed E-state index contributed by atoms with van der Waals surface area (Å²) in [5, 5.41) is 8.68. The van der Waals surface area contributed by atoms with E-state index in [9.17, 15) is 13.6 Å². The molecule has 0 aromatic heterocycles. The lowest BCUT2D eigenvalue weighted by Gasteiger charge is -2.10. The summed E-state index contributed by atoms with van der Waals surface area (Å²) in [6.07, 6.45) is -0.0331. The van der Waals surface area contributed by atoms with Crippen LogP contribution in [-0.4, -0.2) is 11.1 Å². The van der Waals surface area contributed by atoms with Crippen LogP contribution in [0.25, 0.3) is 0 Å². The molecule has 0 aliphatic heterocycles. The van der Waals surface area contributed by atoms with Crippen molar-refractivity contribution in [3.63, 3.8) is 0 Å². The third-order valence-electron chi connectivity index (χ3n) is 2.35. The summed E-state index contributed by atoms with van der Waals surface area (Å²) in [7, 11) is 0. The summed E-state index contributed by atoms with van der Waals surface area (Å²) >= 11 is 0. The number of benzene rings is 1. The van der Waals surface area contributed by atoms with E-state index in [-0.39, 0.29) is 12.0 Å². The highest BCUT2D eigenvalue weighted by atomic mass is 19.1. The van der Waals surface area contributed by atoms with Gasteiger partial charge in [-0.3, -0.25) is 0 Å². The lowest BCUT2D eigenvalue weighted by molar-refractivity contribution is -0.132. The van der Waals surface area contributed by atoms with Gasteiger partial charge in [-0.25, -0.2) is 13.6 Å². The molecular weight excluding hydrogens is 214 g/mol. The van der Waals surface area contributed by atoms with Gasteiger partial charge in [0.2, 0.25) is 0 Å². The molecular formula is C12H12F2O2. The number of carboxylic acid groups (broad SMARTS) is 1. The standard InChI is InChI=1S/C12H12F2O2/c1-8(12(15)16)5-11-9(6-13)3-2-4-10(11)7-14/h2-4H,1,5-7H2,(H,15,16). The molecule has 0 atom stereocenters. The number of hydrogen-bond donors (Lipinski definition) is 1. The Morgan fingerprint density at radius 2 is 1.75 bits per heavy atom. The molecule has 0 spiro atoms. The molecule has 0 bridgehead atoms. The molecule has 0 aliphatic carbocycles. The summed E-state index contributed by atoms with van der Waals surface area (Å²) in [5.74, 6) is -1.15. The van der Waals surface area contributed by atoms with Gasteiger partial charge in [-0.2, -0.15) is 0 Å². The Kier molecular flexibility index (Phi) is 4.17. The first-order valence-electron chi connectivity index (χ1n) is 4.72. The van der Waals surface area contributed by atoms with Crippen molar-refractivity contribution in [3.8, 4) is 0 Å². The maximum atomic E-state index is 12.7. The second kappa shape index (κ2) is 5.39. The van der Waals surface area contributed by atoms with Gasteiger partial charge in [0.25, 0.3) is 0 Å². The highest BCUT2D eigenvalue weighted by Gasteiger charge is 2.12. The average molecular weight is 226 g/mol. The van der Waals surface area contributed by atoms with Crippen molar-refractivity contribution < 1.29 is 18.7 Å². The van der Waals surface area contributed by atoms with E-state index in [1.807, 2.05) is 0 Å². The van der Waals surface area contributed by atoms with Gasteiger partial charge in [-0.1, -0.05) is 24.8 Å². The number of aliphatic carboxylic acids is 1. The zero-order chi connectivity index (χ0) is 12.1. The third kappa shape index (κ3) is 2.66. The summed E-state index contributed by atoms with van der Waals surface area (Å²) in [4.78, 5) is 10.6. The zero-order valence-electron chi connectivity index (χ0n) is 8.67. The molecule has 16 heavy (non-hydrogen) atoms. The van der Waals surface area contributed by atoms with Crippen LogP contribution in [0.2, 0.25) is 0 Å². The third-order valence-corrected chi connectivity index (χ3v) is 2.35. The van der Waals surface area contributed by atoms with E-state index >= 15 is 0 Å². The van der Waals surface area contributed by atoms with Crippen molar-refractivity contribution >= 4 is 5.97 Å². The van der Waals surface area contributed by atoms with Crippen LogP contribution in [0, 0.1) is 0 Å². The Hall–Kier alpha value is -1.71. The van der Waals surface area contributed by atoms with E-state index in [2.05, 4.69) is 6.58 Å². The van der Waals surface area contributed by atoms with Crippen LogP contribution in [0.5, 0.6) is 0 Å². The predicted molar refractivity (Wildman–Crippen MR) is 56.5 cm³/mol. The summed E-state index contributed by atoms with van der Waals surface area (Å²) in [6, 6.07) is 4.59. The number of carboxylic acids is 1. The fraction of sp³-hybridized carbons (Fsp3) is 0.250. The van der Waals surface area contributed by atoms with E-state index in [4.69, 9.17) is 5.11 Å². The first-order valence-corrected chi connectivity index (χ1v) is 4.72. The maximum absolute atomic E-state index is 12.7. The van der Waals surface area contributed by atoms with Gasteiger partial charge in [-0.15, -0.1) is 0 Å². The Balaban J connectivity index is 3.09. The minimum absolute atomic E-state index is 0.0331. The molecule has 1 aromatic rings. The predicted octanol–water partition coefficient (Wildman–Crippen LogP) is 2.81. The second-order valence-corrected chi connectivity index (χ2v) is 3.41. The van der Waals surface area contributed by atoms with Crippen LogP contribution < -0.4 is 0 Å². The fourth-order valence-corrected chi connectivity index (χ4v) is 1.45. The Morgan fingerprint density at radius 3 is 2.12 bits per heavy atom. The van der Waals surface area contributed by atoms with Gasteiger partial charge < -0.3 is 5.11 Å². The van der Waals surface area contributed by atoms with Crippen LogP contribution in [0.3, 0.4) is 0 Å². The van der Waals surface area contributed by atoms with Crippen molar-refractivity contribution in [2.45, 2.75) is 19.8 Å². The van der Waals surface area contributed by atoms with Crippen LogP contribution in [0.1, 0.15) is 16.7 Å². The van der Waals surface area contributed by atoms with E-state index < -0.39 is 19.3 Å². The molecule has 0 fully saturated rings. The Bertz CT molecular complexity index is 391. The topological polar surface area (TPSA) is 37.3 Å². The Labute approximate surface area is 92.2 Å². The zero-order valence-corrected chi connectivity index (χ0v) is 8.67. The second-order valence-electron chi connectivity index (χ2n) is 3.41. The smallest absolute Gasteiger partial charge is 0.331 e. The largest absolute Gasteiger partial charge is 0.478 e. The molecule has 86 valence electrons. The highest BCUT2D eigenvalue weighted by molar-refractivity contribution is 5.86. The molecule has 1 rings (SSSR count). The molecule has 0 radical (unpaired) electrons. The van der Waals surface area contributed by atoms with Crippen LogP contribution in [0.15, 0.2) is 30.4 Å². The lowest BCUT2D eigenvalue weighted by atomic mass is 9.96. The number of alkyl halides is 2. The first-order chi connectivity index (χ1) is 7.60. The van der Waals surface area contributed by atoms with Gasteiger partial charge in [-0.05, 0) is 16.7 Å². The minimum Gasteiger partial charge on any atom is -0.478 e. The van der Waals surface area contributed by atoms with Gasteiger partial charge in [0.1, 0.15) is 13.3 Å². The van der Waals surface area contributed by atoms with Gasteiger partial charge >= 0.3 is 5.97 Å². The first kappa shape index (κ1) is 12.4. The minimum atomic E-state index is -1.15. The molecule has 0 heterocycles. The maximum Gasteiger partial charge on any atom is 0.331 e. The van der Waals surface area contributed by atoms with E-state index in [1.54, 1.807) is 6.07 Å². The van der Waals surface area contributed by atoms with Crippen molar-refractivity contribution in [2.75, 3.05) is 0 Å². The number of carbonyl (C=O) groups is 1. The normalized spacial score (nSPS) is 10.1.